The molecular formula is C23H19ClN4O2. The summed E-state index contributed by atoms with van der Waals surface area (Å²) in [5.74, 6) is -0.0975. The second-order valence-corrected chi connectivity index (χ2v) is 7.64. The van der Waals surface area contributed by atoms with Crippen LogP contribution >= 0.6 is 11.6 Å². The van der Waals surface area contributed by atoms with E-state index in [4.69, 9.17) is 11.6 Å². The number of carbonyl (C=O) groups is 1. The summed E-state index contributed by atoms with van der Waals surface area (Å²) in [6.07, 6.45) is 3.73. The van der Waals surface area contributed by atoms with Gasteiger partial charge in [-0.05, 0) is 48.0 Å². The molecule has 0 saturated heterocycles. The van der Waals surface area contributed by atoms with Crippen molar-refractivity contribution in [1.82, 2.24) is 14.3 Å². The second kappa shape index (κ2) is 7.48. The molecule has 150 valence electrons. The van der Waals surface area contributed by atoms with Gasteiger partial charge in [0.05, 0.1) is 23.0 Å². The van der Waals surface area contributed by atoms with E-state index in [1.54, 1.807) is 35.1 Å². The molecule has 7 heteroatoms. The normalized spacial score (nSPS) is 15.1. The zero-order chi connectivity index (χ0) is 20.7. The van der Waals surface area contributed by atoms with Crippen LogP contribution in [-0.2, 0) is 13.2 Å². The number of hydrogen-bond donors (Lipinski definition) is 2. The first-order valence-corrected chi connectivity index (χ1v) is 10.0. The number of ketones is 1. The number of fused-ring (bicyclic) bond motifs is 2. The Morgan fingerprint density at radius 2 is 2.00 bits per heavy atom. The Hall–Kier alpha value is -3.35. The quantitative estimate of drug-likeness (QED) is 0.487. The van der Waals surface area contributed by atoms with Gasteiger partial charge in [0.1, 0.15) is 6.04 Å². The molecule has 0 spiro atoms. The molecule has 1 atom stereocenters. The van der Waals surface area contributed by atoms with Gasteiger partial charge in [-0.2, -0.15) is 5.10 Å². The molecule has 4 aromatic rings. The second-order valence-electron chi connectivity index (χ2n) is 7.23. The number of rotatable bonds is 4. The van der Waals surface area contributed by atoms with E-state index in [-0.39, 0.29) is 12.4 Å². The number of aliphatic hydroxyl groups excluding tert-OH is 1. The summed E-state index contributed by atoms with van der Waals surface area (Å²) in [6, 6.07) is 18.4. The molecule has 0 bridgehead atoms. The van der Waals surface area contributed by atoms with Crippen LogP contribution in [0.15, 0.2) is 73.1 Å². The highest BCUT2D eigenvalue weighted by Crippen LogP contribution is 2.33. The van der Waals surface area contributed by atoms with Gasteiger partial charge in [-0.1, -0.05) is 29.8 Å². The number of halogens is 1. The van der Waals surface area contributed by atoms with E-state index >= 15 is 0 Å². The third-order valence-corrected chi connectivity index (χ3v) is 5.68. The number of anilines is 1. The Bertz CT molecular complexity index is 1240. The van der Waals surface area contributed by atoms with Gasteiger partial charge in [-0.25, -0.2) is 4.68 Å². The van der Waals surface area contributed by atoms with Crippen LogP contribution in [-0.4, -0.2) is 25.2 Å². The van der Waals surface area contributed by atoms with Crippen LogP contribution in [0.4, 0.5) is 5.69 Å². The first-order valence-electron chi connectivity index (χ1n) is 9.63. The lowest BCUT2D eigenvalue weighted by molar-refractivity contribution is 0.0967. The first kappa shape index (κ1) is 18.7. The fourth-order valence-corrected chi connectivity index (χ4v) is 4.10. The molecule has 0 radical (unpaired) electrons. The molecule has 1 aliphatic heterocycles. The molecule has 1 aliphatic rings. The number of carbonyl (C=O) groups excluding carboxylic acids is 1. The molecule has 3 heterocycles. The minimum absolute atomic E-state index is 0.0975. The summed E-state index contributed by atoms with van der Waals surface area (Å²) in [4.78, 5) is 13.5. The molecule has 2 aromatic heterocycles. The summed E-state index contributed by atoms with van der Waals surface area (Å²) in [5.41, 5.74) is 4.70. The maximum Gasteiger partial charge on any atom is 0.192 e. The molecule has 0 aliphatic carbocycles. The average molecular weight is 419 g/mol. The summed E-state index contributed by atoms with van der Waals surface area (Å²) in [5, 5.41) is 17.3. The number of Topliss-reactive ketones (excluding diaryl/α,β-unsaturated/α-hetero) is 1. The summed E-state index contributed by atoms with van der Waals surface area (Å²) < 4.78 is 3.71. The van der Waals surface area contributed by atoms with Crippen LogP contribution in [0, 0.1) is 0 Å². The Kier molecular flexibility index (Phi) is 4.65. The summed E-state index contributed by atoms with van der Waals surface area (Å²) in [7, 11) is 0. The smallest absolute Gasteiger partial charge is 0.192 e. The van der Waals surface area contributed by atoms with Gasteiger partial charge < -0.3 is 15.0 Å². The lowest BCUT2D eigenvalue weighted by Crippen LogP contribution is -2.22. The highest BCUT2D eigenvalue weighted by atomic mass is 35.5. The Labute approximate surface area is 178 Å². The first-order chi connectivity index (χ1) is 14.6. The highest BCUT2D eigenvalue weighted by molar-refractivity contribution is 6.34. The van der Waals surface area contributed by atoms with E-state index < -0.39 is 6.04 Å². The van der Waals surface area contributed by atoms with Crippen molar-refractivity contribution in [3.8, 4) is 5.69 Å². The molecular weight excluding hydrogens is 400 g/mol. The van der Waals surface area contributed by atoms with Gasteiger partial charge in [-0.3, -0.25) is 4.79 Å². The van der Waals surface area contributed by atoms with Gasteiger partial charge in [0, 0.05) is 35.9 Å². The van der Waals surface area contributed by atoms with E-state index in [9.17, 15) is 9.90 Å². The largest absolute Gasteiger partial charge is 0.390 e. The van der Waals surface area contributed by atoms with Gasteiger partial charge in [-0.15, -0.1) is 0 Å². The fraction of sp³-hybridized carbons (Fsp3) is 0.130. The Morgan fingerprint density at radius 1 is 1.13 bits per heavy atom. The van der Waals surface area contributed by atoms with Crippen LogP contribution in [0.2, 0.25) is 5.02 Å². The average Bonchev–Trinajstić information content (AvgIpc) is 3.39. The topological polar surface area (TPSA) is 72.1 Å². The number of benzene rings is 2. The van der Waals surface area contributed by atoms with E-state index in [0.717, 1.165) is 22.6 Å². The fourth-order valence-electron chi connectivity index (χ4n) is 3.84. The number of hydrogen-bond acceptors (Lipinski definition) is 4. The molecule has 6 nitrogen and oxygen atoms in total. The molecule has 0 saturated carbocycles. The molecule has 5 rings (SSSR count). The van der Waals surface area contributed by atoms with E-state index in [2.05, 4.69) is 21.0 Å². The Balaban J connectivity index is 1.51. The number of nitrogens with one attached hydrogen (secondary N) is 1. The van der Waals surface area contributed by atoms with Crippen molar-refractivity contribution in [3.63, 3.8) is 0 Å². The third kappa shape index (κ3) is 3.20. The summed E-state index contributed by atoms with van der Waals surface area (Å²) >= 11 is 6.53. The van der Waals surface area contributed by atoms with Crippen LogP contribution < -0.4 is 5.32 Å². The minimum atomic E-state index is -0.544. The van der Waals surface area contributed by atoms with Crippen LogP contribution in [0.25, 0.3) is 5.69 Å². The number of para-hydroxylation sites is 1. The predicted octanol–water partition coefficient (Wildman–Crippen LogP) is 4.22. The standard InChI is InChI=1S/C23H19ClN4O2/c24-19-12-17(28-11-9-16(14-29)26-28)7-8-18(19)23(30)22-21-6-3-10-27(21)13-15-4-1-2-5-20(15)25-22/h1-12,22,25,29H,13-14H2. The number of aromatic nitrogens is 3. The molecule has 0 fully saturated rings. The van der Waals surface area contributed by atoms with E-state index in [1.807, 2.05) is 36.5 Å². The van der Waals surface area contributed by atoms with Gasteiger partial charge in [0.25, 0.3) is 0 Å². The number of nitrogens with zero attached hydrogens (tertiary/aromatic N) is 3. The van der Waals surface area contributed by atoms with Gasteiger partial charge in [0.15, 0.2) is 5.78 Å². The zero-order valence-electron chi connectivity index (χ0n) is 16.0. The Morgan fingerprint density at radius 3 is 2.80 bits per heavy atom. The van der Waals surface area contributed by atoms with Crippen molar-refractivity contribution in [2.24, 2.45) is 0 Å². The van der Waals surface area contributed by atoms with Crippen LogP contribution in [0.1, 0.15) is 33.4 Å². The highest BCUT2D eigenvalue weighted by Gasteiger charge is 2.29. The molecule has 2 N–H and O–H groups in total. The lowest BCUT2D eigenvalue weighted by atomic mass is 10.0. The van der Waals surface area contributed by atoms with Gasteiger partial charge >= 0.3 is 0 Å². The van der Waals surface area contributed by atoms with Crippen molar-refractivity contribution in [2.45, 2.75) is 19.2 Å². The minimum Gasteiger partial charge on any atom is -0.390 e. The lowest BCUT2D eigenvalue weighted by Gasteiger charge is -2.19. The zero-order valence-corrected chi connectivity index (χ0v) is 16.8. The molecule has 1 unspecified atom stereocenters. The third-order valence-electron chi connectivity index (χ3n) is 5.37. The van der Waals surface area contributed by atoms with Crippen LogP contribution in [0.5, 0.6) is 0 Å². The predicted molar refractivity (Wildman–Crippen MR) is 115 cm³/mol. The van der Waals surface area contributed by atoms with Crippen LogP contribution in [0.3, 0.4) is 0 Å². The summed E-state index contributed by atoms with van der Waals surface area (Å²) in [6.45, 7) is 0.570. The molecule has 0 amide bonds. The van der Waals surface area contributed by atoms with Crippen molar-refractivity contribution in [1.29, 1.82) is 0 Å². The maximum absolute atomic E-state index is 13.5. The van der Waals surface area contributed by atoms with Gasteiger partial charge in [0.2, 0.25) is 0 Å². The van der Waals surface area contributed by atoms with Crippen molar-refractivity contribution in [2.75, 3.05) is 5.32 Å². The maximum atomic E-state index is 13.5. The van der Waals surface area contributed by atoms with Crippen molar-refractivity contribution < 1.29 is 9.90 Å². The molecule has 30 heavy (non-hydrogen) atoms. The van der Waals surface area contributed by atoms with E-state index in [1.165, 1.54) is 0 Å². The van der Waals surface area contributed by atoms with E-state index in [0.29, 0.717) is 22.8 Å². The van der Waals surface area contributed by atoms with Crippen molar-refractivity contribution >= 4 is 23.1 Å². The van der Waals surface area contributed by atoms with Crippen molar-refractivity contribution in [3.05, 3.63) is 101 Å². The monoisotopic (exact) mass is 418 g/mol. The molecule has 2 aromatic carbocycles. The number of aliphatic hydroxyl groups is 1. The SMILES string of the molecule is O=C(c1ccc(-n2ccc(CO)n2)cc1Cl)C1Nc2ccccc2Cn2cccc21.